The second kappa shape index (κ2) is 9.33. The van der Waals surface area contributed by atoms with Gasteiger partial charge >= 0.3 is 0 Å². The van der Waals surface area contributed by atoms with E-state index in [4.69, 9.17) is 11.6 Å². The maximum absolute atomic E-state index is 12.4. The number of rotatable bonds is 7. The number of thioether (sulfide) groups is 1. The summed E-state index contributed by atoms with van der Waals surface area (Å²) in [6.07, 6.45) is 0. The van der Waals surface area contributed by atoms with Crippen molar-refractivity contribution in [1.29, 1.82) is 0 Å². The standard InChI is InChI=1S/C21H24ClN5OS/c1-5-27-20(15-7-10-17(11-8-15)26(3)4)24-25-21(27)29-13-19(28)23-18-12-16(22)9-6-14(18)2/h6-12H,5,13H2,1-4H3,(H,23,28). The van der Waals surface area contributed by atoms with E-state index < -0.39 is 0 Å². The summed E-state index contributed by atoms with van der Waals surface area (Å²) in [7, 11) is 4.02. The molecular formula is C21H24ClN5OS. The fourth-order valence-electron chi connectivity index (χ4n) is 2.85. The molecule has 3 rings (SSSR count). The Morgan fingerprint density at radius 3 is 2.55 bits per heavy atom. The van der Waals surface area contributed by atoms with Crippen LogP contribution in [0.15, 0.2) is 47.6 Å². The van der Waals surface area contributed by atoms with Crippen LogP contribution in [0, 0.1) is 6.92 Å². The molecule has 0 spiro atoms. The SMILES string of the molecule is CCn1c(SCC(=O)Nc2cc(Cl)ccc2C)nnc1-c1ccc(N(C)C)cc1. The van der Waals surface area contributed by atoms with Crippen LogP contribution in [0.3, 0.4) is 0 Å². The lowest BCUT2D eigenvalue weighted by Gasteiger charge is -2.13. The van der Waals surface area contributed by atoms with Crippen LogP contribution in [-0.2, 0) is 11.3 Å². The quantitative estimate of drug-likeness (QED) is 0.550. The van der Waals surface area contributed by atoms with Gasteiger partial charge < -0.3 is 14.8 Å². The Bertz CT molecular complexity index is 1000. The number of nitrogens with one attached hydrogen (secondary N) is 1. The third-order valence-corrected chi connectivity index (χ3v) is 5.68. The van der Waals surface area contributed by atoms with Crippen LogP contribution in [0.1, 0.15) is 12.5 Å². The predicted molar refractivity (Wildman–Crippen MR) is 121 cm³/mol. The highest BCUT2D eigenvalue weighted by molar-refractivity contribution is 7.99. The van der Waals surface area contributed by atoms with Crippen molar-refractivity contribution < 1.29 is 4.79 Å². The molecule has 6 nitrogen and oxygen atoms in total. The Hall–Kier alpha value is -2.51. The highest BCUT2D eigenvalue weighted by Gasteiger charge is 2.15. The van der Waals surface area contributed by atoms with Crippen LogP contribution >= 0.6 is 23.4 Å². The molecule has 0 unspecified atom stereocenters. The second-order valence-corrected chi connectivity index (χ2v) is 8.17. The molecular weight excluding hydrogens is 406 g/mol. The van der Waals surface area contributed by atoms with Gasteiger partial charge in [0, 0.05) is 42.6 Å². The molecule has 0 saturated carbocycles. The minimum absolute atomic E-state index is 0.108. The molecule has 0 aliphatic heterocycles. The molecule has 0 bridgehead atoms. The van der Waals surface area contributed by atoms with Crippen molar-refractivity contribution in [3.8, 4) is 11.4 Å². The molecule has 0 aliphatic rings. The molecule has 0 fully saturated rings. The van der Waals surface area contributed by atoms with Crippen LogP contribution < -0.4 is 10.2 Å². The van der Waals surface area contributed by atoms with Crippen LogP contribution in [0.4, 0.5) is 11.4 Å². The molecule has 1 amide bonds. The second-order valence-electron chi connectivity index (χ2n) is 6.79. The summed E-state index contributed by atoms with van der Waals surface area (Å²) in [5, 5.41) is 12.9. The van der Waals surface area contributed by atoms with Crippen LogP contribution in [0.2, 0.25) is 5.02 Å². The zero-order chi connectivity index (χ0) is 21.0. The molecule has 1 aromatic heterocycles. The minimum Gasteiger partial charge on any atom is -0.378 e. The van der Waals surface area contributed by atoms with E-state index in [-0.39, 0.29) is 11.7 Å². The van der Waals surface area contributed by atoms with Gasteiger partial charge in [-0.1, -0.05) is 29.4 Å². The summed E-state index contributed by atoms with van der Waals surface area (Å²) >= 11 is 7.39. The van der Waals surface area contributed by atoms with E-state index >= 15 is 0 Å². The molecule has 0 atom stereocenters. The van der Waals surface area contributed by atoms with Gasteiger partial charge in [0.15, 0.2) is 11.0 Å². The smallest absolute Gasteiger partial charge is 0.234 e. The van der Waals surface area contributed by atoms with Crippen LogP contribution in [-0.4, -0.2) is 40.5 Å². The van der Waals surface area contributed by atoms with Crippen LogP contribution in [0.5, 0.6) is 0 Å². The van der Waals surface area contributed by atoms with E-state index in [1.807, 2.05) is 50.7 Å². The van der Waals surface area contributed by atoms with Crippen molar-refractivity contribution in [3.05, 3.63) is 53.1 Å². The lowest BCUT2D eigenvalue weighted by molar-refractivity contribution is -0.113. The van der Waals surface area contributed by atoms with E-state index in [9.17, 15) is 4.79 Å². The van der Waals surface area contributed by atoms with Gasteiger partial charge in [-0.2, -0.15) is 0 Å². The fourth-order valence-corrected chi connectivity index (χ4v) is 3.82. The molecule has 2 aromatic carbocycles. The molecule has 8 heteroatoms. The largest absolute Gasteiger partial charge is 0.378 e. The molecule has 0 aliphatic carbocycles. The molecule has 0 saturated heterocycles. The summed E-state index contributed by atoms with van der Waals surface area (Å²) in [6.45, 7) is 4.69. The first-order chi connectivity index (χ1) is 13.9. The summed E-state index contributed by atoms with van der Waals surface area (Å²) in [6, 6.07) is 13.6. The monoisotopic (exact) mass is 429 g/mol. The summed E-state index contributed by atoms with van der Waals surface area (Å²) in [5.41, 5.74) is 3.81. The number of benzene rings is 2. The van der Waals surface area contributed by atoms with Gasteiger partial charge in [0.2, 0.25) is 5.91 Å². The maximum atomic E-state index is 12.4. The predicted octanol–water partition coefficient (Wildman–Crippen LogP) is 4.72. The van der Waals surface area contributed by atoms with Gasteiger partial charge in [0.25, 0.3) is 0 Å². The summed E-state index contributed by atoms with van der Waals surface area (Å²) in [4.78, 5) is 14.4. The third kappa shape index (κ3) is 5.10. The van der Waals surface area contributed by atoms with Gasteiger partial charge in [-0.05, 0) is 55.8 Å². The van der Waals surface area contributed by atoms with E-state index in [0.29, 0.717) is 5.02 Å². The van der Waals surface area contributed by atoms with Crippen LogP contribution in [0.25, 0.3) is 11.4 Å². The molecule has 1 N–H and O–H groups in total. The third-order valence-electron chi connectivity index (χ3n) is 4.48. The fraction of sp³-hybridized carbons (Fsp3) is 0.286. The average molecular weight is 430 g/mol. The molecule has 152 valence electrons. The van der Waals surface area contributed by atoms with E-state index in [2.05, 4.69) is 32.5 Å². The van der Waals surface area contributed by atoms with Crippen molar-refractivity contribution in [2.45, 2.75) is 25.5 Å². The lowest BCUT2D eigenvalue weighted by Crippen LogP contribution is -2.15. The Balaban J connectivity index is 1.70. The van der Waals surface area contributed by atoms with Gasteiger partial charge in [0.1, 0.15) is 0 Å². The first-order valence-electron chi connectivity index (χ1n) is 9.28. The first kappa shape index (κ1) is 21.2. The van der Waals surface area contributed by atoms with E-state index in [1.165, 1.54) is 11.8 Å². The number of anilines is 2. The summed E-state index contributed by atoms with van der Waals surface area (Å²) < 4.78 is 2.02. The number of carbonyl (C=O) groups excluding carboxylic acids is 1. The van der Waals surface area contributed by atoms with Gasteiger partial charge in [0.05, 0.1) is 5.75 Å². The van der Waals surface area contributed by atoms with Crippen molar-refractivity contribution in [3.63, 3.8) is 0 Å². The number of amides is 1. The topological polar surface area (TPSA) is 63.1 Å². The average Bonchev–Trinajstić information content (AvgIpc) is 3.12. The molecule has 29 heavy (non-hydrogen) atoms. The molecule has 0 radical (unpaired) electrons. The Morgan fingerprint density at radius 1 is 1.17 bits per heavy atom. The van der Waals surface area contributed by atoms with Crippen molar-refractivity contribution in [2.24, 2.45) is 0 Å². The Kier molecular flexibility index (Phi) is 6.82. The minimum atomic E-state index is -0.108. The molecule has 1 heterocycles. The van der Waals surface area contributed by atoms with E-state index in [0.717, 1.165) is 40.0 Å². The number of carbonyl (C=O) groups is 1. The summed E-state index contributed by atoms with van der Waals surface area (Å²) in [5.74, 6) is 0.929. The molecule has 3 aromatic rings. The number of hydrogen-bond acceptors (Lipinski definition) is 5. The normalized spacial score (nSPS) is 10.8. The van der Waals surface area contributed by atoms with Crippen molar-refractivity contribution in [1.82, 2.24) is 14.8 Å². The number of halogens is 1. The Labute approximate surface area is 180 Å². The number of aromatic nitrogens is 3. The van der Waals surface area contributed by atoms with E-state index in [1.54, 1.807) is 12.1 Å². The van der Waals surface area contributed by atoms with Gasteiger partial charge in [-0.3, -0.25) is 4.79 Å². The highest BCUT2D eigenvalue weighted by Crippen LogP contribution is 2.26. The lowest BCUT2D eigenvalue weighted by atomic mass is 10.2. The van der Waals surface area contributed by atoms with Crippen molar-refractivity contribution in [2.75, 3.05) is 30.1 Å². The maximum Gasteiger partial charge on any atom is 0.234 e. The highest BCUT2D eigenvalue weighted by atomic mass is 35.5. The first-order valence-corrected chi connectivity index (χ1v) is 10.6. The Morgan fingerprint density at radius 2 is 1.90 bits per heavy atom. The van der Waals surface area contributed by atoms with Crippen molar-refractivity contribution >= 4 is 40.6 Å². The van der Waals surface area contributed by atoms with Gasteiger partial charge in [-0.15, -0.1) is 10.2 Å². The zero-order valence-electron chi connectivity index (χ0n) is 16.9. The number of aryl methyl sites for hydroxylation is 1. The number of nitrogens with zero attached hydrogens (tertiary/aromatic N) is 4. The number of hydrogen-bond donors (Lipinski definition) is 1. The van der Waals surface area contributed by atoms with Gasteiger partial charge in [-0.25, -0.2) is 0 Å². The zero-order valence-corrected chi connectivity index (χ0v) is 18.5.